The van der Waals surface area contributed by atoms with E-state index in [1.807, 2.05) is 25.1 Å². The Balaban J connectivity index is 0.00000484. The smallest absolute Gasteiger partial charge is 0.222 e. The standard InChI is InChI=1S/C16H26N2O4.ClH/c1-11(18-16(19)9-13(10-17)20-2)7-12-5-6-14(21-3)15(8-12)22-4;/h5-6,8,11,13H,7,9-10,17H2,1-4H3,(H,18,19);1H. The van der Waals surface area contributed by atoms with Crippen molar-refractivity contribution in [2.75, 3.05) is 27.9 Å². The normalized spacial score (nSPS) is 12.7. The molecule has 0 aromatic heterocycles. The van der Waals surface area contributed by atoms with Crippen molar-refractivity contribution in [2.24, 2.45) is 5.73 Å². The molecule has 0 spiro atoms. The lowest BCUT2D eigenvalue weighted by Gasteiger charge is -2.17. The lowest BCUT2D eigenvalue weighted by atomic mass is 10.1. The van der Waals surface area contributed by atoms with Crippen LogP contribution in [0.15, 0.2) is 18.2 Å². The molecule has 6 nitrogen and oxygen atoms in total. The van der Waals surface area contributed by atoms with Crippen LogP contribution in [0.4, 0.5) is 0 Å². The molecule has 0 saturated heterocycles. The molecule has 1 aromatic rings. The van der Waals surface area contributed by atoms with Crippen molar-refractivity contribution in [3.63, 3.8) is 0 Å². The molecule has 7 heteroatoms. The summed E-state index contributed by atoms with van der Waals surface area (Å²) in [5.41, 5.74) is 6.58. The highest BCUT2D eigenvalue weighted by atomic mass is 35.5. The fourth-order valence-corrected chi connectivity index (χ4v) is 2.22. The number of carbonyl (C=O) groups is 1. The van der Waals surface area contributed by atoms with Crippen molar-refractivity contribution in [2.45, 2.75) is 31.9 Å². The number of rotatable bonds is 9. The van der Waals surface area contributed by atoms with Crippen LogP contribution in [0.25, 0.3) is 0 Å². The second kappa shape index (κ2) is 11.1. The number of nitrogens with two attached hydrogens (primary N) is 1. The zero-order valence-corrected chi connectivity index (χ0v) is 14.9. The Morgan fingerprint density at radius 1 is 1.22 bits per heavy atom. The quantitative estimate of drug-likeness (QED) is 0.708. The number of nitrogens with one attached hydrogen (secondary N) is 1. The second-order valence-electron chi connectivity index (χ2n) is 5.16. The molecule has 1 aromatic carbocycles. The zero-order chi connectivity index (χ0) is 16.5. The predicted molar refractivity (Wildman–Crippen MR) is 92.6 cm³/mol. The van der Waals surface area contributed by atoms with Gasteiger partial charge < -0.3 is 25.3 Å². The minimum Gasteiger partial charge on any atom is -0.493 e. The van der Waals surface area contributed by atoms with Crippen molar-refractivity contribution in [1.82, 2.24) is 5.32 Å². The Morgan fingerprint density at radius 2 is 1.87 bits per heavy atom. The fourth-order valence-electron chi connectivity index (χ4n) is 2.22. The molecule has 0 aliphatic heterocycles. The molecule has 0 bridgehead atoms. The van der Waals surface area contributed by atoms with E-state index in [1.54, 1.807) is 21.3 Å². The topological polar surface area (TPSA) is 82.8 Å². The lowest BCUT2D eigenvalue weighted by Crippen LogP contribution is -2.37. The maximum atomic E-state index is 11.9. The first kappa shape index (κ1) is 21.5. The largest absolute Gasteiger partial charge is 0.493 e. The van der Waals surface area contributed by atoms with E-state index in [1.165, 1.54) is 0 Å². The summed E-state index contributed by atoms with van der Waals surface area (Å²) >= 11 is 0. The SMILES string of the molecule is COc1ccc(CC(C)NC(=O)CC(CN)OC)cc1OC.Cl. The van der Waals surface area contributed by atoms with Crippen LogP contribution >= 0.6 is 12.4 Å². The first-order valence-electron chi connectivity index (χ1n) is 7.27. The van der Waals surface area contributed by atoms with Gasteiger partial charge in [0.2, 0.25) is 5.91 Å². The third-order valence-electron chi connectivity index (χ3n) is 3.41. The van der Waals surface area contributed by atoms with Crippen molar-refractivity contribution in [3.8, 4) is 11.5 Å². The van der Waals surface area contributed by atoms with E-state index in [0.717, 1.165) is 5.56 Å². The zero-order valence-electron chi connectivity index (χ0n) is 14.1. The van der Waals surface area contributed by atoms with Crippen LogP contribution in [-0.2, 0) is 16.0 Å². The number of amides is 1. The molecule has 0 radical (unpaired) electrons. The first-order valence-corrected chi connectivity index (χ1v) is 7.27. The third kappa shape index (κ3) is 7.07. The van der Waals surface area contributed by atoms with E-state index in [0.29, 0.717) is 24.5 Å². The van der Waals surface area contributed by atoms with Gasteiger partial charge >= 0.3 is 0 Å². The van der Waals surface area contributed by atoms with E-state index < -0.39 is 0 Å². The summed E-state index contributed by atoms with van der Waals surface area (Å²) in [6, 6.07) is 5.74. The maximum Gasteiger partial charge on any atom is 0.222 e. The average Bonchev–Trinajstić information content (AvgIpc) is 2.52. The van der Waals surface area contributed by atoms with Gasteiger partial charge in [-0.2, -0.15) is 0 Å². The summed E-state index contributed by atoms with van der Waals surface area (Å²) in [5, 5.41) is 2.95. The van der Waals surface area contributed by atoms with Crippen LogP contribution in [0.3, 0.4) is 0 Å². The molecule has 23 heavy (non-hydrogen) atoms. The highest BCUT2D eigenvalue weighted by Gasteiger charge is 2.14. The van der Waals surface area contributed by atoms with E-state index in [4.69, 9.17) is 19.9 Å². The number of hydrogen-bond acceptors (Lipinski definition) is 5. The number of ether oxygens (including phenoxy) is 3. The van der Waals surface area contributed by atoms with Crippen molar-refractivity contribution >= 4 is 18.3 Å². The number of hydrogen-bond donors (Lipinski definition) is 2. The van der Waals surface area contributed by atoms with E-state index in [9.17, 15) is 4.79 Å². The van der Waals surface area contributed by atoms with Crippen LogP contribution < -0.4 is 20.5 Å². The molecular formula is C16H27ClN2O4. The van der Waals surface area contributed by atoms with Crippen LogP contribution in [-0.4, -0.2) is 45.9 Å². The number of carbonyl (C=O) groups excluding carboxylic acids is 1. The Bertz CT molecular complexity index is 481. The molecule has 0 saturated carbocycles. The number of halogens is 1. The molecule has 1 rings (SSSR count). The summed E-state index contributed by atoms with van der Waals surface area (Å²) in [7, 11) is 4.76. The summed E-state index contributed by atoms with van der Waals surface area (Å²) < 4.78 is 15.6. The first-order chi connectivity index (χ1) is 10.5. The van der Waals surface area contributed by atoms with E-state index >= 15 is 0 Å². The molecule has 2 unspecified atom stereocenters. The minimum atomic E-state index is -0.242. The van der Waals surface area contributed by atoms with Crippen molar-refractivity contribution in [1.29, 1.82) is 0 Å². The summed E-state index contributed by atoms with van der Waals surface area (Å²) in [4.78, 5) is 11.9. The van der Waals surface area contributed by atoms with Crippen LogP contribution in [0.2, 0.25) is 0 Å². The van der Waals surface area contributed by atoms with Gasteiger partial charge in [-0.3, -0.25) is 4.79 Å². The molecule has 0 heterocycles. The number of benzene rings is 1. The van der Waals surface area contributed by atoms with Gasteiger partial charge in [0.1, 0.15) is 0 Å². The molecular weight excluding hydrogens is 320 g/mol. The summed E-state index contributed by atoms with van der Waals surface area (Å²) in [5.74, 6) is 1.31. The van der Waals surface area contributed by atoms with Gasteiger partial charge in [-0.05, 0) is 31.0 Å². The second-order valence-corrected chi connectivity index (χ2v) is 5.16. The van der Waals surface area contributed by atoms with Crippen molar-refractivity contribution in [3.05, 3.63) is 23.8 Å². The molecule has 2 atom stereocenters. The molecule has 1 amide bonds. The van der Waals surface area contributed by atoms with E-state index in [2.05, 4.69) is 5.32 Å². The predicted octanol–water partition coefficient (Wildman–Crippen LogP) is 1.54. The molecule has 3 N–H and O–H groups in total. The molecule has 0 fully saturated rings. The lowest BCUT2D eigenvalue weighted by molar-refractivity contribution is -0.123. The average molecular weight is 347 g/mol. The molecule has 0 aliphatic rings. The number of methoxy groups -OCH3 is 3. The van der Waals surface area contributed by atoms with Crippen LogP contribution in [0.5, 0.6) is 11.5 Å². The Morgan fingerprint density at radius 3 is 2.39 bits per heavy atom. The monoisotopic (exact) mass is 346 g/mol. The van der Waals surface area contributed by atoms with Gasteiger partial charge in [-0.25, -0.2) is 0 Å². The van der Waals surface area contributed by atoms with Crippen LogP contribution in [0, 0.1) is 0 Å². The molecule has 132 valence electrons. The highest BCUT2D eigenvalue weighted by Crippen LogP contribution is 2.27. The third-order valence-corrected chi connectivity index (χ3v) is 3.41. The Labute approximate surface area is 144 Å². The highest BCUT2D eigenvalue weighted by molar-refractivity contribution is 5.85. The van der Waals surface area contributed by atoms with Gasteiger partial charge in [-0.15, -0.1) is 12.4 Å². The molecule has 0 aliphatic carbocycles. The van der Waals surface area contributed by atoms with Gasteiger partial charge in [0.15, 0.2) is 11.5 Å². The van der Waals surface area contributed by atoms with Crippen molar-refractivity contribution < 1.29 is 19.0 Å². The Hall–Kier alpha value is -1.50. The summed E-state index contributed by atoms with van der Waals surface area (Å²) in [6.07, 6.45) is 0.726. The van der Waals surface area contributed by atoms with E-state index in [-0.39, 0.29) is 36.9 Å². The fraction of sp³-hybridized carbons (Fsp3) is 0.562. The van der Waals surface area contributed by atoms with Gasteiger partial charge in [0.05, 0.1) is 26.7 Å². The van der Waals surface area contributed by atoms with Gasteiger partial charge in [0, 0.05) is 19.7 Å². The maximum absolute atomic E-state index is 11.9. The van der Waals surface area contributed by atoms with Gasteiger partial charge in [-0.1, -0.05) is 6.07 Å². The minimum absolute atomic E-state index is 0. The Kier molecular flexibility index (Phi) is 10.4. The van der Waals surface area contributed by atoms with Crippen LogP contribution in [0.1, 0.15) is 18.9 Å². The van der Waals surface area contributed by atoms with Gasteiger partial charge in [0.25, 0.3) is 0 Å². The summed E-state index contributed by atoms with van der Waals surface area (Å²) in [6.45, 7) is 2.28.